The summed E-state index contributed by atoms with van der Waals surface area (Å²) in [6.45, 7) is 0. The molecule has 0 N–H and O–H groups in total. The van der Waals surface area contributed by atoms with Crippen molar-refractivity contribution in [1.82, 2.24) is 14.5 Å². The Kier molecular flexibility index (Phi) is 6.10. The minimum absolute atomic E-state index is 0.863. The summed E-state index contributed by atoms with van der Waals surface area (Å²) >= 11 is 0. The van der Waals surface area contributed by atoms with Gasteiger partial charge in [-0.1, -0.05) is 91.0 Å². The first kappa shape index (κ1) is 26.2. The maximum atomic E-state index is 4.95. The Hall–Kier alpha value is -6.26. The molecular formula is C42H28N4. The molecule has 0 atom stereocenters. The van der Waals surface area contributed by atoms with Gasteiger partial charge in [0, 0.05) is 46.5 Å². The van der Waals surface area contributed by atoms with E-state index >= 15 is 0 Å². The molecule has 0 bridgehead atoms. The fraction of sp³-hybridized carbons (Fsp3) is 0. The number of pyridine rings is 2. The van der Waals surface area contributed by atoms with Crippen molar-refractivity contribution in [3.8, 4) is 50.5 Å². The van der Waals surface area contributed by atoms with Gasteiger partial charge < -0.3 is 9.47 Å². The quantitative estimate of drug-likeness (QED) is 0.205. The van der Waals surface area contributed by atoms with Gasteiger partial charge in [-0.15, -0.1) is 0 Å². The van der Waals surface area contributed by atoms with E-state index in [4.69, 9.17) is 9.97 Å². The van der Waals surface area contributed by atoms with Crippen LogP contribution in [0.4, 0.5) is 17.1 Å². The van der Waals surface area contributed by atoms with Gasteiger partial charge >= 0.3 is 0 Å². The Morgan fingerprint density at radius 1 is 0.435 bits per heavy atom. The van der Waals surface area contributed by atoms with Crippen molar-refractivity contribution in [3.63, 3.8) is 0 Å². The molecule has 0 unspecified atom stereocenters. The van der Waals surface area contributed by atoms with Crippen LogP contribution in [0.1, 0.15) is 0 Å². The molecule has 46 heavy (non-hydrogen) atoms. The molecule has 1 aliphatic heterocycles. The minimum atomic E-state index is 0.863. The number of nitrogens with zero attached hydrogens (tertiary/aromatic N) is 4. The van der Waals surface area contributed by atoms with Crippen LogP contribution in [0.2, 0.25) is 0 Å². The number of benzene rings is 5. The van der Waals surface area contributed by atoms with Gasteiger partial charge in [0.25, 0.3) is 0 Å². The van der Waals surface area contributed by atoms with E-state index in [1.807, 2.05) is 24.5 Å². The van der Waals surface area contributed by atoms with Crippen LogP contribution in [0.15, 0.2) is 170 Å². The molecule has 9 rings (SSSR count). The lowest BCUT2D eigenvalue weighted by Gasteiger charge is -2.27. The Bertz CT molecular complexity index is 2300. The number of aromatic nitrogens is 3. The van der Waals surface area contributed by atoms with Gasteiger partial charge in [0.05, 0.1) is 22.6 Å². The third-order valence-electron chi connectivity index (χ3n) is 8.83. The van der Waals surface area contributed by atoms with Gasteiger partial charge in [-0.2, -0.15) is 0 Å². The Balaban J connectivity index is 1.37. The molecule has 4 heterocycles. The number of hydrogen-bond donors (Lipinski definition) is 0. The zero-order valence-corrected chi connectivity index (χ0v) is 25.0. The molecular weight excluding hydrogens is 560 g/mol. The van der Waals surface area contributed by atoms with Crippen molar-refractivity contribution in [3.05, 3.63) is 170 Å². The summed E-state index contributed by atoms with van der Waals surface area (Å²) in [7, 11) is 0. The molecule has 0 aliphatic carbocycles. The minimum Gasteiger partial charge on any atom is -0.316 e. The maximum absolute atomic E-state index is 4.95. The van der Waals surface area contributed by atoms with Crippen molar-refractivity contribution in [2.45, 2.75) is 0 Å². The Labute approximate surface area is 267 Å². The standard InChI is InChI=1S/C42H28N4/c1-4-12-29(13-5-1)32-26-33(30-14-6-2-7-15-30)28-35(27-32)45-25-22-31-20-21-37-39(42(31)45)36-18-10-23-43-40(36)41-38(19-11-24-44-41)46(37)34-16-8-3-9-17-34/h1-28H. The first-order valence-corrected chi connectivity index (χ1v) is 15.5. The number of fused-ring (bicyclic) bond motifs is 7. The van der Waals surface area contributed by atoms with Crippen molar-refractivity contribution < 1.29 is 0 Å². The summed E-state index contributed by atoms with van der Waals surface area (Å²) in [5.41, 5.74) is 14.0. The lowest BCUT2D eigenvalue weighted by atomic mass is 9.97. The molecule has 0 radical (unpaired) electrons. The van der Waals surface area contributed by atoms with Crippen LogP contribution in [0.5, 0.6) is 0 Å². The second-order valence-corrected chi connectivity index (χ2v) is 11.5. The van der Waals surface area contributed by atoms with E-state index in [-0.39, 0.29) is 0 Å². The molecule has 0 spiro atoms. The monoisotopic (exact) mass is 588 g/mol. The van der Waals surface area contributed by atoms with Crippen LogP contribution in [0.3, 0.4) is 0 Å². The summed E-state index contributed by atoms with van der Waals surface area (Å²) in [4.78, 5) is 12.2. The average Bonchev–Trinajstić information content (AvgIpc) is 3.52. The number of anilines is 3. The van der Waals surface area contributed by atoms with E-state index < -0.39 is 0 Å². The predicted molar refractivity (Wildman–Crippen MR) is 189 cm³/mol. The van der Waals surface area contributed by atoms with Crippen LogP contribution < -0.4 is 4.90 Å². The van der Waals surface area contributed by atoms with E-state index in [9.17, 15) is 0 Å². The molecule has 4 heteroatoms. The lowest BCUT2D eigenvalue weighted by Crippen LogP contribution is -2.11. The summed E-state index contributed by atoms with van der Waals surface area (Å²) in [5, 5.41) is 1.16. The number of para-hydroxylation sites is 1. The van der Waals surface area contributed by atoms with E-state index in [0.717, 1.165) is 56.2 Å². The van der Waals surface area contributed by atoms with E-state index in [1.165, 1.54) is 22.3 Å². The fourth-order valence-electron chi connectivity index (χ4n) is 6.77. The van der Waals surface area contributed by atoms with Crippen molar-refractivity contribution in [2.75, 3.05) is 4.90 Å². The van der Waals surface area contributed by atoms with Gasteiger partial charge in [0.2, 0.25) is 0 Å². The zero-order chi connectivity index (χ0) is 30.5. The second kappa shape index (κ2) is 10.7. The fourth-order valence-corrected chi connectivity index (χ4v) is 6.77. The van der Waals surface area contributed by atoms with Crippen LogP contribution in [-0.4, -0.2) is 14.5 Å². The summed E-state index contributed by atoms with van der Waals surface area (Å²) in [5.74, 6) is 0. The van der Waals surface area contributed by atoms with Gasteiger partial charge in [-0.25, -0.2) is 0 Å². The normalized spacial score (nSPS) is 11.9. The maximum Gasteiger partial charge on any atom is 0.113 e. The second-order valence-electron chi connectivity index (χ2n) is 11.5. The molecule has 0 fully saturated rings. The highest BCUT2D eigenvalue weighted by atomic mass is 15.2. The molecule has 0 amide bonds. The summed E-state index contributed by atoms with van der Waals surface area (Å²) in [6.07, 6.45) is 5.92. The molecule has 8 aromatic rings. The van der Waals surface area contributed by atoms with Crippen molar-refractivity contribution >= 4 is 28.0 Å². The van der Waals surface area contributed by atoms with E-state index in [1.54, 1.807) is 0 Å². The Morgan fingerprint density at radius 3 is 1.76 bits per heavy atom. The summed E-state index contributed by atoms with van der Waals surface area (Å²) < 4.78 is 2.34. The zero-order valence-electron chi connectivity index (χ0n) is 25.0. The Morgan fingerprint density at radius 2 is 1.07 bits per heavy atom. The smallest absolute Gasteiger partial charge is 0.113 e. The third kappa shape index (κ3) is 4.23. The highest BCUT2D eigenvalue weighted by molar-refractivity contribution is 6.10. The molecule has 0 saturated heterocycles. The first-order chi connectivity index (χ1) is 22.8. The van der Waals surface area contributed by atoms with Crippen molar-refractivity contribution in [2.24, 2.45) is 0 Å². The molecule has 0 saturated carbocycles. The molecule has 216 valence electrons. The highest BCUT2D eigenvalue weighted by Crippen LogP contribution is 2.51. The lowest BCUT2D eigenvalue weighted by molar-refractivity contribution is 1.13. The molecule has 1 aliphatic rings. The first-order valence-electron chi connectivity index (χ1n) is 15.5. The van der Waals surface area contributed by atoms with Crippen LogP contribution in [0, 0.1) is 0 Å². The number of rotatable bonds is 4. The van der Waals surface area contributed by atoms with Crippen LogP contribution in [0.25, 0.3) is 61.4 Å². The third-order valence-corrected chi connectivity index (χ3v) is 8.83. The van der Waals surface area contributed by atoms with Gasteiger partial charge in [-0.05, 0) is 82.9 Å². The van der Waals surface area contributed by atoms with Crippen LogP contribution in [-0.2, 0) is 0 Å². The van der Waals surface area contributed by atoms with Gasteiger partial charge in [-0.3, -0.25) is 9.97 Å². The van der Waals surface area contributed by atoms with Crippen LogP contribution >= 0.6 is 0 Å². The largest absolute Gasteiger partial charge is 0.316 e. The van der Waals surface area contributed by atoms with Crippen molar-refractivity contribution in [1.29, 1.82) is 0 Å². The molecule has 3 aromatic heterocycles. The average molecular weight is 589 g/mol. The van der Waals surface area contributed by atoms with Gasteiger partial charge in [0.15, 0.2) is 0 Å². The van der Waals surface area contributed by atoms with E-state index in [0.29, 0.717) is 0 Å². The van der Waals surface area contributed by atoms with E-state index in [2.05, 4.69) is 155 Å². The number of hydrogen-bond acceptors (Lipinski definition) is 3. The highest BCUT2D eigenvalue weighted by Gasteiger charge is 2.30. The molecule has 5 aromatic carbocycles. The topological polar surface area (TPSA) is 34.0 Å². The van der Waals surface area contributed by atoms with Gasteiger partial charge in [0.1, 0.15) is 5.69 Å². The summed E-state index contributed by atoms with van der Waals surface area (Å²) in [6, 6.07) is 53.7. The molecule has 4 nitrogen and oxygen atoms in total. The SMILES string of the molecule is c1ccc(-c2cc(-c3ccccc3)cc(-n3ccc4ccc5c(c43)-c3cccnc3-c3ncccc3N5c3ccccc3)c2)cc1. The predicted octanol–water partition coefficient (Wildman–Crippen LogP) is 10.9.